The third-order valence-electron chi connectivity index (χ3n) is 7.37. The number of fused-ring (bicyclic) bond motifs is 1. The molecule has 1 aromatic rings. The quantitative estimate of drug-likeness (QED) is 0.487. The first-order chi connectivity index (χ1) is 17.5. The lowest BCUT2D eigenvalue weighted by atomic mass is 9.89. The van der Waals surface area contributed by atoms with Crippen LogP contribution in [-0.4, -0.2) is 78.3 Å². The Bertz CT molecular complexity index is 921. The van der Waals surface area contributed by atoms with Gasteiger partial charge < -0.3 is 25.0 Å². The normalized spacial score (nSPS) is 22.2. The van der Waals surface area contributed by atoms with Gasteiger partial charge in [-0.15, -0.1) is 0 Å². The van der Waals surface area contributed by atoms with E-state index in [4.69, 9.17) is 4.74 Å². The fourth-order valence-corrected chi connectivity index (χ4v) is 5.19. The van der Waals surface area contributed by atoms with E-state index in [1.54, 1.807) is 17.9 Å². The molecule has 1 saturated carbocycles. The van der Waals surface area contributed by atoms with Gasteiger partial charge in [-0.3, -0.25) is 9.59 Å². The standard InChI is InChI=1S/C27H40F3N3O4/c1-18-14-33(19(2)17-34)26(36)22-13-21(31-25(35)11-12-27(28,29)30)9-10-23(22)37-24(18)16-32(3)15-20-7-5-4-6-8-20/h9-10,13,18-20,24,34H,4-8,11-12,14-17H2,1-3H3,(H,31,35)/t18-,19+,24+/m0/s1. The average molecular weight is 528 g/mol. The minimum atomic E-state index is -4.43. The van der Waals surface area contributed by atoms with Gasteiger partial charge in [0.25, 0.3) is 5.91 Å². The van der Waals surface area contributed by atoms with Gasteiger partial charge in [0, 0.05) is 37.7 Å². The molecule has 208 valence electrons. The third-order valence-corrected chi connectivity index (χ3v) is 7.37. The summed E-state index contributed by atoms with van der Waals surface area (Å²) in [6.45, 7) is 5.61. The van der Waals surface area contributed by atoms with E-state index in [1.807, 2.05) is 6.92 Å². The SMILES string of the molecule is C[C@H](CO)N1C[C@H](C)[C@@H](CN(C)CC2CCCCC2)Oc2ccc(NC(=O)CCC(F)(F)F)cc2C1=O. The van der Waals surface area contributed by atoms with Crippen molar-refractivity contribution in [1.82, 2.24) is 9.80 Å². The molecule has 3 rings (SSSR count). The Morgan fingerprint density at radius 1 is 1.24 bits per heavy atom. The molecule has 37 heavy (non-hydrogen) atoms. The average Bonchev–Trinajstić information content (AvgIpc) is 2.85. The molecule has 10 heteroatoms. The Labute approximate surface area is 217 Å². The van der Waals surface area contributed by atoms with Crippen LogP contribution < -0.4 is 10.1 Å². The van der Waals surface area contributed by atoms with Gasteiger partial charge in [-0.1, -0.05) is 26.2 Å². The van der Waals surface area contributed by atoms with Gasteiger partial charge in [0.2, 0.25) is 5.91 Å². The second-order valence-corrected chi connectivity index (χ2v) is 10.7. The zero-order valence-corrected chi connectivity index (χ0v) is 22.0. The van der Waals surface area contributed by atoms with Crippen molar-refractivity contribution in [3.8, 4) is 5.75 Å². The fourth-order valence-electron chi connectivity index (χ4n) is 5.19. The number of hydrogen-bond acceptors (Lipinski definition) is 5. The number of aliphatic hydroxyl groups is 1. The summed E-state index contributed by atoms with van der Waals surface area (Å²) in [7, 11) is 2.09. The number of carbonyl (C=O) groups is 2. The number of halogens is 3. The van der Waals surface area contributed by atoms with E-state index in [0.717, 1.165) is 6.54 Å². The molecule has 2 N–H and O–H groups in total. The number of likely N-dealkylation sites (N-methyl/N-ethyl adjacent to an activating group) is 1. The molecule has 2 aliphatic rings. The van der Waals surface area contributed by atoms with Gasteiger partial charge in [0.1, 0.15) is 11.9 Å². The van der Waals surface area contributed by atoms with Crippen molar-refractivity contribution >= 4 is 17.5 Å². The molecule has 0 spiro atoms. The first-order valence-electron chi connectivity index (χ1n) is 13.2. The van der Waals surface area contributed by atoms with Crippen LogP contribution in [0.25, 0.3) is 0 Å². The first kappa shape index (κ1) is 29.2. The number of nitrogens with one attached hydrogen (secondary N) is 1. The van der Waals surface area contributed by atoms with Crippen LogP contribution in [0.2, 0.25) is 0 Å². The van der Waals surface area contributed by atoms with Gasteiger partial charge in [0.05, 0.1) is 24.6 Å². The van der Waals surface area contributed by atoms with E-state index >= 15 is 0 Å². The molecule has 0 saturated heterocycles. The predicted molar refractivity (Wildman–Crippen MR) is 136 cm³/mol. The lowest BCUT2D eigenvalue weighted by Crippen LogP contribution is -2.50. The summed E-state index contributed by atoms with van der Waals surface area (Å²) in [5, 5.41) is 12.3. The highest BCUT2D eigenvalue weighted by Crippen LogP contribution is 2.31. The maximum Gasteiger partial charge on any atom is 0.389 e. The van der Waals surface area contributed by atoms with E-state index in [1.165, 1.54) is 44.2 Å². The van der Waals surface area contributed by atoms with Crippen molar-refractivity contribution in [2.45, 2.75) is 77.1 Å². The Kier molecular flexibility index (Phi) is 10.2. The molecule has 7 nitrogen and oxygen atoms in total. The molecule has 1 heterocycles. The molecule has 1 aliphatic carbocycles. The van der Waals surface area contributed by atoms with Crippen molar-refractivity contribution < 1.29 is 32.6 Å². The van der Waals surface area contributed by atoms with Crippen molar-refractivity contribution in [2.24, 2.45) is 11.8 Å². The number of ether oxygens (including phenoxy) is 1. The molecule has 0 bridgehead atoms. The fraction of sp³-hybridized carbons (Fsp3) is 0.704. The second-order valence-electron chi connectivity index (χ2n) is 10.7. The maximum absolute atomic E-state index is 13.5. The predicted octanol–water partition coefficient (Wildman–Crippen LogP) is 4.70. The van der Waals surface area contributed by atoms with Crippen molar-refractivity contribution in [2.75, 3.05) is 38.6 Å². The van der Waals surface area contributed by atoms with Crippen LogP contribution in [0.5, 0.6) is 5.75 Å². The molecular formula is C27H40F3N3O4. The summed E-state index contributed by atoms with van der Waals surface area (Å²) in [5.41, 5.74) is 0.430. The van der Waals surface area contributed by atoms with Gasteiger partial charge in [0.15, 0.2) is 0 Å². The van der Waals surface area contributed by atoms with E-state index in [2.05, 4.69) is 17.3 Å². The van der Waals surface area contributed by atoms with E-state index < -0.39 is 31.0 Å². The van der Waals surface area contributed by atoms with E-state index in [9.17, 15) is 27.9 Å². The van der Waals surface area contributed by atoms with Crippen LogP contribution in [0.15, 0.2) is 18.2 Å². The van der Waals surface area contributed by atoms with Crippen molar-refractivity contribution in [3.05, 3.63) is 23.8 Å². The first-order valence-corrected chi connectivity index (χ1v) is 13.2. The van der Waals surface area contributed by atoms with Crippen LogP contribution in [0, 0.1) is 11.8 Å². The molecule has 2 amide bonds. The molecule has 3 atom stereocenters. The summed E-state index contributed by atoms with van der Waals surface area (Å²) < 4.78 is 43.8. The molecule has 0 unspecified atom stereocenters. The number of hydrogen-bond donors (Lipinski definition) is 2. The third kappa shape index (κ3) is 8.60. The van der Waals surface area contributed by atoms with Gasteiger partial charge in [-0.2, -0.15) is 13.2 Å². The number of benzene rings is 1. The monoisotopic (exact) mass is 527 g/mol. The highest BCUT2D eigenvalue weighted by atomic mass is 19.4. The van der Waals surface area contributed by atoms with Crippen molar-refractivity contribution in [1.29, 1.82) is 0 Å². The largest absolute Gasteiger partial charge is 0.488 e. The summed E-state index contributed by atoms with van der Waals surface area (Å²) >= 11 is 0. The Morgan fingerprint density at radius 3 is 2.59 bits per heavy atom. The molecule has 1 fully saturated rings. The lowest BCUT2D eigenvalue weighted by Gasteiger charge is -2.38. The Morgan fingerprint density at radius 2 is 1.95 bits per heavy atom. The molecule has 1 aliphatic heterocycles. The number of amides is 2. The number of aliphatic hydroxyl groups excluding tert-OH is 1. The van der Waals surface area contributed by atoms with Crippen LogP contribution in [0.4, 0.5) is 18.9 Å². The van der Waals surface area contributed by atoms with E-state index in [-0.39, 0.29) is 35.8 Å². The van der Waals surface area contributed by atoms with Gasteiger partial charge in [-0.25, -0.2) is 0 Å². The number of anilines is 1. The number of nitrogens with zero attached hydrogens (tertiary/aromatic N) is 2. The Balaban J connectivity index is 1.80. The smallest absolute Gasteiger partial charge is 0.389 e. The van der Waals surface area contributed by atoms with Crippen LogP contribution in [0.3, 0.4) is 0 Å². The van der Waals surface area contributed by atoms with E-state index in [0.29, 0.717) is 24.8 Å². The lowest BCUT2D eigenvalue weighted by molar-refractivity contribution is -0.142. The zero-order valence-electron chi connectivity index (χ0n) is 22.0. The Hall–Kier alpha value is -2.33. The van der Waals surface area contributed by atoms with Crippen LogP contribution in [0.1, 0.15) is 69.2 Å². The number of rotatable bonds is 9. The molecule has 0 aromatic heterocycles. The highest BCUT2D eigenvalue weighted by molar-refractivity contribution is 5.99. The summed E-state index contributed by atoms with van der Waals surface area (Å²) in [6, 6.07) is 4.12. The summed E-state index contributed by atoms with van der Waals surface area (Å²) in [6.07, 6.45) is -0.250. The van der Waals surface area contributed by atoms with Gasteiger partial charge in [-0.05, 0) is 50.9 Å². The minimum absolute atomic E-state index is 0.0124. The molecule has 0 radical (unpaired) electrons. The number of alkyl halides is 3. The minimum Gasteiger partial charge on any atom is -0.488 e. The summed E-state index contributed by atoms with van der Waals surface area (Å²) in [5.74, 6) is -0.125. The highest BCUT2D eigenvalue weighted by Gasteiger charge is 2.34. The maximum atomic E-state index is 13.5. The molecular weight excluding hydrogens is 487 g/mol. The van der Waals surface area contributed by atoms with Crippen molar-refractivity contribution in [3.63, 3.8) is 0 Å². The van der Waals surface area contributed by atoms with Crippen LogP contribution in [-0.2, 0) is 4.79 Å². The zero-order chi connectivity index (χ0) is 27.2. The van der Waals surface area contributed by atoms with Gasteiger partial charge >= 0.3 is 6.18 Å². The summed E-state index contributed by atoms with van der Waals surface area (Å²) in [4.78, 5) is 29.4. The number of carbonyl (C=O) groups excluding carboxylic acids is 2. The topological polar surface area (TPSA) is 82.1 Å². The van der Waals surface area contributed by atoms with Crippen LogP contribution >= 0.6 is 0 Å². The second kappa shape index (κ2) is 13.0. The molecule has 1 aromatic carbocycles.